The highest BCUT2D eigenvalue weighted by Gasteiger charge is 2.22. The molecule has 19 heavy (non-hydrogen) atoms. The first kappa shape index (κ1) is 15.5. The highest BCUT2D eigenvalue weighted by molar-refractivity contribution is 5.77. The highest BCUT2D eigenvalue weighted by Crippen LogP contribution is 2.21. The zero-order chi connectivity index (χ0) is 14.3. The summed E-state index contributed by atoms with van der Waals surface area (Å²) in [5, 5.41) is 3.27. The second-order valence-electron chi connectivity index (χ2n) is 4.44. The predicted molar refractivity (Wildman–Crippen MR) is 75.3 cm³/mol. The van der Waals surface area contributed by atoms with Gasteiger partial charge in [-0.25, -0.2) is 4.79 Å². The Bertz CT molecular complexity index is 406. The van der Waals surface area contributed by atoms with Crippen LogP contribution in [0.4, 0.5) is 0 Å². The number of hydrogen-bond acceptors (Lipinski definition) is 4. The normalized spacial score (nSPS) is 13.7. The number of ether oxygens (including phenoxy) is 2. The number of methoxy groups -OCH3 is 1. The number of carbonyl (C=O) groups is 1. The molecular formula is C15H23NO3. The Balaban J connectivity index is 2.95. The highest BCUT2D eigenvalue weighted by atomic mass is 16.5. The SMILES string of the molecule is CCOc1cccc(C(NC(C)CC)C(=O)OC)c1. The summed E-state index contributed by atoms with van der Waals surface area (Å²) in [6.45, 7) is 6.65. The maximum absolute atomic E-state index is 11.9. The van der Waals surface area contributed by atoms with Crippen molar-refractivity contribution in [2.45, 2.75) is 39.3 Å². The fourth-order valence-corrected chi connectivity index (χ4v) is 1.77. The fraction of sp³-hybridized carbons (Fsp3) is 0.533. The van der Waals surface area contributed by atoms with E-state index in [0.29, 0.717) is 6.61 Å². The third-order valence-electron chi connectivity index (χ3n) is 3.00. The summed E-state index contributed by atoms with van der Waals surface area (Å²) in [6, 6.07) is 7.32. The molecule has 106 valence electrons. The van der Waals surface area contributed by atoms with Crippen molar-refractivity contribution in [2.75, 3.05) is 13.7 Å². The Morgan fingerprint density at radius 1 is 1.37 bits per heavy atom. The standard InChI is InChI=1S/C15H23NO3/c1-5-11(3)16-14(15(17)18-4)12-8-7-9-13(10-12)19-6-2/h7-11,14,16H,5-6H2,1-4H3. The van der Waals surface area contributed by atoms with Crippen molar-refractivity contribution < 1.29 is 14.3 Å². The van der Waals surface area contributed by atoms with E-state index in [1.54, 1.807) is 0 Å². The molecule has 4 heteroatoms. The Morgan fingerprint density at radius 3 is 2.68 bits per heavy atom. The molecule has 0 bridgehead atoms. The van der Waals surface area contributed by atoms with Crippen LogP contribution >= 0.6 is 0 Å². The van der Waals surface area contributed by atoms with Crippen LogP contribution in [-0.2, 0) is 9.53 Å². The number of carbonyl (C=O) groups excluding carboxylic acids is 1. The van der Waals surface area contributed by atoms with Gasteiger partial charge in [-0.15, -0.1) is 0 Å². The molecule has 0 heterocycles. The van der Waals surface area contributed by atoms with E-state index in [2.05, 4.69) is 12.2 Å². The van der Waals surface area contributed by atoms with E-state index in [9.17, 15) is 4.79 Å². The van der Waals surface area contributed by atoms with Crippen LogP contribution in [0.25, 0.3) is 0 Å². The molecule has 0 fully saturated rings. The van der Waals surface area contributed by atoms with Crippen LogP contribution in [-0.4, -0.2) is 25.7 Å². The molecule has 0 saturated heterocycles. The van der Waals surface area contributed by atoms with Crippen LogP contribution in [0.3, 0.4) is 0 Å². The number of esters is 1. The molecule has 0 aliphatic heterocycles. The van der Waals surface area contributed by atoms with Crippen LogP contribution in [0, 0.1) is 0 Å². The maximum Gasteiger partial charge on any atom is 0.327 e. The first-order valence-electron chi connectivity index (χ1n) is 6.69. The van der Waals surface area contributed by atoms with E-state index in [1.807, 2.05) is 38.1 Å². The van der Waals surface area contributed by atoms with Crippen molar-refractivity contribution in [3.63, 3.8) is 0 Å². The molecule has 0 saturated carbocycles. The van der Waals surface area contributed by atoms with Crippen molar-refractivity contribution in [2.24, 2.45) is 0 Å². The Hall–Kier alpha value is -1.55. The van der Waals surface area contributed by atoms with Gasteiger partial charge in [-0.3, -0.25) is 5.32 Å². The van der Waals surface area contributed by atoms with Crippen LogP contribution < -0.4 is 10.1 Å². The lowest BCUT2D eigenvalue weighted by molar-refractivity contribution is -0.143. The van der Waals surface area contributed by atoms with Gasteiger partial charge in [0.05, 0.1) is 13.7 Å². The molecule has 0 aliphatic carbocycles. The van der Waals surface area contributed by atoms with Gasteiger partial charge in [0.25, 0.3) is 0 Å². The molecule has 1 aromatic rings. The van der Waals surface area contributed by atoms with E-state index in [1.165, 1.54) is 7.11 Å². The van der Waals surface area contributed by atoms with Crippen LogP contribution in [0.2, 0.25) is 0 Å². The molecule has 4 nitrogen and oxygen atoms in total. The number of hydrogen-bond donors (Lipinski definition) is 1. The van der Waals surface area contributed by atoms with Gasteiger partial charge >= 0.3 is 5.97 Å². The molecule has 1 N–H and O–H groups in total. The second-order valence-corrected chi connectivity index (χ2v) is 4.44. The Morgan fingerprint density at radius 2 is 2.11 bits per heavy atom. The molecule has 2 atom stereocenters. The van der Waals surface area contributed by atoms with Gasteiger partial charge in [-0.05, 0) is 38.0 Å². The summed E-state index contributed by atoms with van der Waals surface area (Å²) in [7, 11) is 1.40. The third-order valence-corrected chi connectivity index (χ3v) is 3.00. The van der Waals surface area contributed by atoms with Crippen LogP contribution in [0.5, 0.6) is 5.75 Å². The van der Waals surface area contributed by atoms with Crippen molar-refractivity contribution in [3.05, 3.63) is 29.8 Å². The molecule has 0 spiro atoms. The summed E-state index contributed by atoms with van der Waals surface area (Å²) in [6.07, 6.45) is 0.943. The van der Waals surface area contributed by atoms with Crippen molar-refractivity contribution in [1.29, 1.82) is 0 Å². The average Bonchev–Trinajstić information content (AvgIpc) is 2.44. The van der Waals surface area contributed by atoms with E-state index in [0.717, 1.165) is 17.7 Å². The minimum Gasteiger partial charge on any atom is -0.494 e. The van der Waals surface area contributed by atoms with Crippen molar-refractivity contribution in [1.82, 2.24) is 5.32 Å². The lowest BCUT2D eigenvalue weighted by atomic mass is 10.1. The minimum absolute atomic E-state index is 0.236. The minimum atomic E-state index is -0.458. The van der Waals surface area contributed by atoms with Crippen LogP contribution in [0.15, 0.2) is 24.3 Å². The van der Waals surface area contributed by atoms with Crippen molar-refractivity contribution in [3.8, 4) is 5.75 Å². The number of benzene rings is 1. The van der Waals surface area contributed by atoms with Gasteiger partial charge in [0.2, 0.25) is 0 Å². The molecule has 0 aliphatic rings. The zero-order valence-corrected chi connectivity index (χ0v) is 12.1. The van der Waals surface area contributed by atoms with Crippen molar-refractivity contribution >= 4 is 5.97 Å². The Labute approximate surface area is 115 Å². The summed E-state index contributed by atoms with van der Waals surface area (Å²) in [5.41, 5.74) is 0.859. The molecule has 0 amide bonds. The van der Waals surface area contributed by atoms with E-state index in [-0.39, 0.29) is 12.0 Å². The summed E-state index contributed by atoms with van der Waals surface area (Å²) in [5.74, 6) is 0.480. The topological polar surface area (TPSA) is 47.6 Å². The largest absolute Gasteiger partial charge is 0.494 e. The maximum atomic E-state index is 11.9. The Kier molecular flexibility index (Phi) is 6.36. The first-order chi connectivity index (χ1) is 9.12. The molecule has 0 aromatic heterocycles. The summed E-state index contributed by atoms with van der Waals surface area (Å²) >= 11 is 0. The second kappa shape index (κ2) is 7.79. The number of nitrogens with one attached hydrogen (secondary N) is 1. The molecular weight excluding hydrogens is 242 g/mol. The van der Waals surface area contributed by atoms with Gasteiger partial charge in [0, 0.05) is 6.04 Å². The first-order valence-corrected chi connectivity index (χ1v) is 6.69. The molecule has 0 radical (unpaired) electrons. The monoisotopic (exact) mass is 265 g/mol. The van der Waals surface area contributed by atoms with Gasteiger partial charge in [-0.2, -0.15) is 0 Å². The van der Waals surface area contributed by atoms with Gasteiger partial charge < -0.3 is 9.47 Å². The van der Waals surface area contributed by atoms with E-state index in [4.69, 9.17) is 9.47 Å². The lowest BCUT2D eigenvalue weighted by Crippen LogP contribution is -2.35. The van der Waals surface area contributed by atoms with Gasteiger partial charge in [0.1, 0.15) is 11.8 Å². The predicted octanol–water partition coefficient (Wildman–Crippen LogP) is 2.69. The van der Waals surface area contributed by atoms with E-state index >= 15 is 0 Å². The molecule has 1 rings (SSSR count). The van der Waals surface area contributed by atoms with E-state index < -0.39 is 6.04 Å². The average molecular weight is 265 g/mol. The zero-order valence-electron chi connectivity index (χ0n) is 12.1. The molecule has 1 aromatic carbocycles. The fourth-order valence-electron chi connectivity index (χ4n) is 1.77. The van der Waals surface area contributed by atoms with Gasteiger partial charge in [-0.1, -0.05) is 19.1 Å². The van der Waals surface area contributed by atoms with Crippen LogP contribution in [0.1, 0.15) is 38.8 Å². The number of rotatable bonds is 7. The smallest absolute Gasteiger partial charge is 0.327 e. The van der Waals surface area contributed by atoms with Gasteiger partial charge in [0.15, 0.2) is 0 Å². The summed E-state index contributed by atoms with van der Waals surface area (Å²) in [4.78, 5) is 11.9. The third kappa shape index (κ3) is 4.56. The molecule has 2 unspecified atom stereocenters. The summed E-state index contributed by atoms with van der Waals surface area (Å²) < 4.78 is 10.3. The lowest BCUT2D eigenvalue weighted by Gasteiger charge is -2.21. The quantitative estimate of drug-likeness (QED) is 0.770.